The molecule has 5 nitrogen and oxygen atoms in total. The monoisotopic (exact) mass is 305 g/mol. The molecule has 19 heavy (non-hydrogen) atoms. The number of thioether (sulfide) groups is 1. The molecule has 0 spiro atoms. The molecule has 1 aliphatic heterocycles. The van der Waals surface area contributed by atoms with E-state index in [0.717, 1.165) is 17.9 Å². The summed E-state index contributed by atoms with van der Waals surface area (Å²) in [6, 6.07) is 0.0242. The molecule has 1 aromatic heterocycles. The van der Waals surface area contributed by atoms with E-state index < -0.39 is 10.0 Å². The summed E-state index contributed by atoms with van der Waals surface area (Å²) in [5, 5.41) is 9.38. The minimum atomic E-state index is -3.61. The van der Waals surface area contributed by atoms with Gasteiger partial charge in [-0.25, -0.2) is 8.42 Å². The van der Waals surface area contributed by atoms with Gasteiger partial charge in [-0.1, -0.05) is 0 Å². The Bertz CT molecular complexity index is 559. The van der Waals surface area contributed by atoms with Crippen molar-refractivity contribution >= 4 is 21.8 Å². The topological polar surface area (TPSA) is 70.8 Å². The van der Waals surface area contributed by atoms with E-state index in [1.54, 1.807) is 32.7 Å². The molecular weight excluding hydrogens is 286 g/mol. The van der Waals surface area contributed by atoms with E-state index in [1.807, 2.05) is 0 Å². The quantitative estimate of drug-likeness (QED) is 0.913. The fraction of sp³-hybridized carbons (Fsp3) is 0.667. The molecule has 2 rings (SSSR count). The number of rotatable bonds is 4. The van der Waals surface area contributed by atoms with Gasteiger partial charge >= 0.3 is 0 Å². The van der Waals surface area contributed by atoms with E-state index in [1.165, 1.54) is 4.31 Å². The first kappa shape index (κ1) is 14.9. The Kier molecular flexibility index (Phi) is 4.29. The van der Waals surface area contributed by atoms with Crippen LogP contribution < -0.4 is 0 Å². The second-order valence-electron chi connectivity index (χ2n) is 4.72. The van der Waals surface area contributed by atoms with E-state index in [-0.39, 0.29) is 17.5 Å². The van der Waals surface area contributed by atoms with Crippen molar-refractivity contribution < 1.29 is 17.9 Å². The molecule has 1 aromatic rings. The van der Waals surface area contributed by atoms with Gasteiger partial charge in [-0.15, -0.1) is 0 Å². The first-order valence-electron chi connectivity index (χ1n) is 6.15. The van der Waals surface area contributed by atoms with Crippen LogP contribution in [0.2, 0.25) is 0 Å². The summed E-state index contributed by atoms with van der Waals surface area (Å²) >= 11 is 1.76. The molecule has 1 saturated heterocycles. The van der Waals surface area contributed by atoms with Gasteiger partial charge in [0, 0.05) is 24.4 Å². The van der Waals surface area contributed by atoms with Gasteiger partial charge in [-0.2, -0.15) is 16.1 Å². The van der Waals surface area contributed by atoms with Gasteiger partial charge in [0.2, 0.25) is 10.0 Å². The highest BCUT2D eigenvalue weighted by Gasteiger charge is 2.35. The van der Waals surface area contributed by atoms with Crippen molar-refractivity contribution in [3.05, 3.63) is 17.1 Å². The van der Waals surface area contributed by atoms with Crippen molar-refractivity contribution in [2.75, 3.05) is 18.6 Å². The minimum Gasteiger partial charge on any atom is -0.465 e. The molecule has 0 aliphatic carbocycles. The first-order valence-corrected chi connectivity index (χ1v) is 8.74. The zero-order chi connectivity index (χ0) is 14.2. The highest BCUT2D eigenvalue weighted by Crippen LogP contribution is 2.32. The molecule has 2 heterocycles. The number of nitrogens with zero attached hydrogens (tertiary/aromatic N) is 1. The van der Waals surface area contributed by atoms with Gasteiger partial charge in [0.15, 0.2) is 0 Å². The lowest BCUT2D eigenvalue weighted by Crippen LogP contribution is -2.37. The smallest absolute Gasteiger partial charge is 0.246 e. The maximum atomic E-state index is 12.7. The standard InChI is InChI=1S/C12H19NO4S2/c1-8-11(6-14)12(9(2)17-8)19(15,16)13(3)10-4-5-18-7-10/h10,14H,4-7H2,1-3H3. The van der Waals surface area contributed by atoms with E-state index in [0.29, 0.717) is 17.1 Å². The van der Waals surface area contributed by atoms with Gasteiger partial charge in [-0.3, -0.25) is 0 Å². The van der Waals surface area contributed by atoms with Crippen molar-refractivity contribution in [3.63, 3.8) is 0 Å². The van der Waals surface area contributed by atoms with E-state index in [2.05, 4.69) is 0 Å². The fourth-order valence-corrected chi connectivity index (χ4v) is 5.53. The minimum absolute atomic E-state index is 0.0242. The Morgan fingerprint density at radius 1 is 1.42 bits per heavy atom. The van der Waals surface area contributed by atoms with Crippen LogP contribution in [0.3, 0.4) is 0 Å². The Morgan fingerprint density at radius 2 is 2.11 bits per heavy atom. The second-order valence-corrected chi connectivity index (χ2v) is 7.80. The first-order chi connectivity index (χ1) is 8.89. The van der Waals surface area contributed by atoms with Crippen LogP contribution in [0.15, 0.2) is 9.31 Å². The summed E-state index contributed by atoms with van der Waals surface area (Å²) in [6.45, 7) is 2.96. The zero-order valence-electron chi connectivity index (χ0n) is 11.3. The third kappa shape index (κ3) is 2.56. The molecule has 0 saturated carbocycles. The third-order valence-electron chi connectivity index (χ3n) is 3.54. The van der Waals surface area contributed by atoms with Crippen molar-refractivity contribution in [1.82, 2.24) is 4.31 Å². The Labute approximate surface area is 118 Å². The molecule has 0 bridgehead atoms. The van der Waals surface area contributed by atoms with Crippen molar-refractivity contribution in [2.24, 2.45) is 0 Å². The average molecular weight is 305 g/mol. The predicted molar refractivity (Wildman–Crippen MR) is 74.8 cm³/mol. The average Bonchev–Trinajstić information content (AvgIpc) is 2.95. The molecule has 1 fully saturated rings. The highest BCUT2D eigenvalue weighted by atomic mass is 32.2. The number of aliphatic hydroxyl groups is 1. The lowest BCUT2D eigenvalue weighted by atomic mass is 10.2. The van der Waals surface area contributed by atoms with Crippen LogP contribution in [-0.4, -0.2) is 42.4 Å². The normalized spacial score (nSPS) is 20.4. The zero-order valence-corrected chi connectivity index (χ0v) is 13.0. The number of sulfonamides is 1. The SMILES string of the molecule is Cc1oc(C)c(S(=O)(=O)N(C)C2CCSC2)c1CO. The number of aryl methyl sites for hydroxylation is 2. The lowest BCUT2D eigenvalue weighted by Gasteiger charge is -2.23. The van der Waals surface area contributed by atoms with E-state index >= 15 is 0 Å². The van der Waals surface area contributed by atoms with Crippen LogP contribution in [-0.2, 0) is 16.6 Å². The molecule has 1 unspecified atom stereocenters. The molecule has 108 valence electrons. The van der Waals surface area contributed by atoms with Gasteiger partial charge in [0.1, 0.15) is 16.4 Å². The lowest BCUT2D eigenvalue weighted by molar-refractivity contribution is 0.276. The van der Waals surface area contributed by atoms with Gasteiger partial charge < -0.3 is 9.52 Å². The Balaban J connectivity index is 2.44. The van der Waals surface area contributed by atoms with Crippen LogP contribution in [0.1, 0.15) is 23.5 Å². The van der Waals surface area contributed by atoms with Crippen LogP contribution in [0.5, 0.6) is 0 Å². The molecule has 7 heteroatoms. The summed E-state index contributed by atoms with van der Waals surface area (Å²) in [6.07, 6.45) is 0.866. The number of hydrogen-bond donors (Lipinski definition) is 1. The van der Waals surface area contributed by atoms with Crippen molar-refractivity contribution in [3.8, 4) is 0 Å². The molecule has 0 aromatic carbocycles. The highest BCUT2D eigenvalue weighted by molar-refractivity contribution is 7.99. The van der Waals surface area contributed by atoms with Gasteiger partial charge in [0.05, 0.1) is 6.61 Å². The van der Waals surface area contributed by atoms with Crippen LogP contribution in [0.25, 0.3) is 0 Å². The molecule has 1 aliphatic rings. The maximum Gasteiger partial charge on any atom is 0.246 e. The molecular formula is C12H19NO4S2. The molecule has 1 atom stereocenters. The van der Waals surface area contributed by atoms with Gasteiger partial charge in [0.25, 0.3) is 0 Å². The summed E-state index contributed by atoms with van der Waals surface area (Å²) in [7, 11) is -2.00. The Morgan fingerprint density at radius 3 is 2.63 bits per heavy atom. The summed E-state index contributed by atoms with van der Waals surface area (Å²) in [4.78, 5) is 0.131. The van der Waals surface area contributed by atoms with Crippen LogP contribution in [0.4, 0.5) is 0 Å². The molecule has 1 N–H and O–H groups in total. The summed E-state index contributed by atoms with van der Waals surface area (Å²) in [5.41, 5.74) is 0.370. The predicted octanol–water partition coefficient (Wildman–Crippen LogP) is 1.51. The second kappa shape index (κ2) is 5.47. The van der Waals surface area contributed by atoms with Crippen molar-refractivity contribution in [2.45, 2.75) is 37.8 Å². The van der Waals surface area contributed by atoms with Gasteiger partial charge in [-0.05, 0) is 26.0 Å². The number of aliphatic hydroxyl groups excluding tert-OH is 1. The fourth-order valence-electron chi connectivity index (χ4n) is 2.38. The molecule has 0 radical (unpaired) electrons. The summed E-state index contributed by atoms with van der Waals surface area (Å²) in [5.74, 6) is 2.62. The maximum absolute atomic E-state index is 12.7. The molecule has 0 amide bonds. The number of furan rings is 1. The third-order valence-corrected chi connectivity index (χ3v) is 6.79. The van der Waals surface area contributed by atoms with Crippen LogP contribution in [0, 0.1) is 13.8 Å². The summed E-state index contributed by atoms with van der Waals surface area (Å²) < 4.78 is 32.1. The largest absolute Gasteiger partial charge is 0.465 e. The number of hydrogen-bond acceptors (Lipinski definition) is 5. The van der Waals surface area contributed by atoms with E-state index in [9.17, 15) is 13.5 Å². The van der Waals surface area contributed by atoms with E-state index in [4.69, 9.17) is 4.42 Å². The van der Waals surface area contributed by atoms with Crippen LogP contribution >= 0.6 is 11.8 Å². The Hall–Kier alpha value is -0.500. The van der Waals surface area contributed by atoms with Crippen molar-refractivity contribution in [1.29, 1.82) is 0 Å².